The van der Waals surface area contributed by atoms with E-state index in [1.54, 1.807) is 18.9 Å². The van der Waals surface area contributed by atoms with Gasteiger partial charge >= 0.3 is 0 Å². The van der Waals surface area contributed by atoms with E-state index in [1.165, 1.54) is 17.9 Å². The maximum absolute atomic E-state index is 5.20. The zero-order valence-electron chi connectivity index (χ0n) is 11.1. The topological polar surface area (TPSA) is 42.4 Å². The first kappa shape index (κ1) is 13.2. The Kier molecular flexibility index (Phi) is 4.49. The summed E-state index contributed by atoms with van der Waals surface area (Å²) in [7, 11) is 6.03. The lowest BCUT2D eigenvalue weighted by atomic mass is 10.3. The van der Waals surface area contributed by atoms with Crippen molar-refractivity contribution in [2.75, 3.05) is 33.5 Å². The molecule has 0 bridgehead atoms. The summed E-state index contributed by atoms with van der Waals surface area (Å²) in [5.74, 6) is 1.96. The molecule has 0 fully saturated rings. The van der Waals surface area contributed by atoms with Crippen LogP contribution in [0, 0.1) is 0 Å². The van der Waals surface area contributed by atoms with Crippen LogP contribution in [0.15, 0.2) is 23.4 Å². The van der Waals surface area contributed by atoms with Gasteiger partial charge in [-0.25, -0.2) is 4.98 Å². The van der Waals surface area contributed by atoms with Gasteiger partial charge in [0.2, 0.25) is 0 Å². The number of imidazole rings is 1. The van der Waals surface area contributed by atoms with Crippen LogP contribution in [-0.2, 0) is 0 Å². The van der Waals surface area contributed by atoms with Gasteiger partial charge in [0.15, 0.2) is 5.16 Å². The van der Waals surface area contributed by atoms with Crippen molar-refractivity contribution in [1.29, 1.82) is 0 Å². The molecule has 0 radical (unpaired) electrons. The molecule has 1 aromatic heterocycles. The fraction of sp³-hybridized carbons (Fsp3) is 0.462. The molecule has 0 aliphatic rings. The second-order valence-electron chi connectivity index (χ2n) is 4.58. The number of aromatic amines is 1. The smallest absolute Gasteiger partial charge is 0.166 e. The number of methoxy groups -OCH3 is 1. The Hall–Kier alpha value is -1.20. The highest BCUT2D eigenvalue weighted by Gasteiger charge is 2.04. The van der Waals surface area contributed by atoms with Gasteiger partial charge in [0, 0.05) is 18.2 Å². The fourth-order valence-electron chi connectivity index (χ4n) is 1.76. The first-order valence-electron chi connectivity index (χ1n) is 6.14. The summed E-state index contributed by atoms with van der Waals surface area (Å²) in [6, 6.07) is 5.90. The van der Waals surface area contributed by atoms with Gasteiger partial charge in [0.25, 0.3) is 0 Å². The van der Waals surface area contributed by atoms with Crippen molar-refractivity contribution in [3.63, 3.8) is 0 Å². The van der Waals surface area contributed by atoms with Gasteiger partial charge in [-0.3, -0.25) is 0 Å². The van der Waals surface area contributed by atoms with E-state index in [0.717, 1.165) is 27.7 Å². The maximum Gasteiger partial charge on any atom is 0.166 e. The van der Waals surface area contributed by atoms with E-state index in [1.807, 2.05) is 18.2 Å². The first-order chi connectivity index (χ1) is 8.69. The SMILES string of the molecule is COc1ccc2nc(SCCC[NH+](C)C)[nH]c2c1. The van der Waals surface area contributed by atoms with Gasteiger partial charge in [-0.1, -0.05) is 11.8 Å². The van der Waals surface area contributed by atoms with E-state index in [-0.39, 0.29) is 0 Å². The molecule has 0 saturated carbocycles. The number of H-pyrrole nitrogens is 1. The molecule has 2 aromatic rings. The zero-order chi connectivity index (χ0) is 13.0. The van der Waals surface area contributed by atoms with E-state index in [2.05, 4.69) is 24.1 Å². The Bertz CT molecular complexity index is 510. The monoisotopic (exact) mass is 266 g/mol. The molecule has 0 atom stereocenters. The molecule has 98 valence electrons. The van der Waals surface area contributed by atoms with Crippen LogP contribution in [0.1, 0.15) is 6.42 Å². The summed E-state index contributed by atoms with van der Waals surface area (Å²) in [5.41, 5.74) is 2.03. The molecule has 0 amide bonds. The van der Waals surface area contributed by atoms with Crippen LogP contribution in [0.25, 0.3) is 11.0 Å². The lowest BCUT2D eigenvalue weighted by molar-refractivity contribution is -0.858. The minimum Gasteiger partial charge on any atom is -0.497 e. The van der Waals surface area contributed by atoms with E-state index in [0.29, 0.717) is 0 Å². The lowest BCUT2D eigenvalue weighted by Gasteiger charge is -2.05. The van der Waals surface area contributed by atoms with Crippen LogP contribution in [-0.4, -0.2) is 43.5 Å². The number of benzene rings is 1. The average Bonchev–Trinajstić information content (AvgIpc) is 2.75. The molecule has 5 heteroatoms. The van der Waals surface area contributed by atoms with Crippen LogP contribution in [0.5, 0.6) is 5.75 Å². The van der Waals surface area contributed by atoms with Crippen LogP contribution in [0.3, 0.4) is 0 Å². The average molecular weight is 266 g/mol. The van der Waals surface area contributed by atoms with Gasteiger partial charge in [0.05, 0.1) is 38.8 Å². The van der Waals surface area contributed by atoms with Crippen molar-refractivity contribution in [2.45, 2.75) is 11.6 Å². The van der Waals surface area contributed by atoms with Crippen molar-refractivity contribution in [3.05, 3.63) is 18.2 Å². The third-order valence-electron chi connectivity index (χ3n) is 2.73. The van der Waals surface area contributed by atoms with Crippen LogP contribution in [0.2, 0.25) is 0 Å². The van der Waals surface area contributed by atoms with Gasteiger partial charge in [-0.2, -0.15) is 0 Å². The Labute approximate surface area is 112 Å². The Morgan fingerprint density at radius 3 is 2.94 bits per heavy atom. The molecule has 1 heterocycles. The van der Waals surface area contributed by atoms with Crippen molar-refractivity contribution >= 4 is 22.8 Å². The summed E-state index contributed by atoms with van der Waals surface area (Å²) in [5, 5.41) is 0.993. The highest BCUT2D eigenvalue weighted by Crippen LogP contribution is 2.23. The third-order valence-corrected chi connectivity index (χ3v) is 3.69. The molecule has 4 nitrogen and oxygen atoms in total. The molecule has 0 aliphatic heterocycles. The van der Waals surface area contributed by atoms with Gasteiger partial charge < -0.3 is 14.6 Å². The molecular formula is C13H20N3OS+. The molecule has 0 saturated heterocycles. The minimum atomic E-state index is 0.860. The summed E-state index contributed by atoms with van der Waals surface area (Å²) >= 11 is 1.78. The zero-order valence-corrected chi connectivity index (χ0v) is 11.9. The van der Waals surface area contributed by atoms with Gasteiger partial charge in [0.1, 0.15) is 5.75 Å². The van der Waals surface area contributed by atoms with Crippen molar-refractivity contribution in [1.82, 2.24) is 9.97 Å². The largest absolute Gasteiger partial charge is 0.497 e. The summed E-state index contributed by atoms with van der Waals surface area (Å²) in [4.78, 5) is 9.36. The second-order valence-corrected chi connectivity index (χ2v) is 5.67. The van der Waals surface area contributed by atoms with Crippen molar-refractivity contribution in [2.24, 2.45) is 0 Å². The Balaban J connectivity index is 1.97. The first-order valence-corrected chi connectivity index (χ1v) is 7.13. The van der Waals surface area contributed by atoms with E-state index in [9.17, 15) is 0 Å². The fourth-order valence-corrected chi connectivity index (χ4v) is 2.58. The number of thioether (sulfide) groups is 1. The highest BCUT2D eigenvalue weighted by molar-refractivity contribution is 7.99. The van der Waals surface area contributed by atoms with E-state index < -0.39 is 0 Å². The highest BCUT2D eigenvalue weighted by atomic mass is 32.2. The van der Waals surface area contributed by atoms with Crippen LogP contribution in [0.4, 0.5) is 0 Å². The van der Waals surface area contributed by atoms with Crippen LogP contribution < -0.4 is 9.64 Å². The Morgan fingerprint density at radius 1 is 1.39 bits per heavy atom. The number of rotatable bonds is 6. The molecular weight excluding hydrogens is 246 g/mol. The number of hydrogen-bond donors (Lipinski definition) is 2. The molecule has 18 heavy (non-hydrogen) atoms. The molecule has 2 rings (SSSR count). The predicted molar refractivity (Wildman–Crippen MR) is 75.7 cm³/mol. The lowest BCUT2D eigenvalue weighted by Crippen LogP contribution is -3.05. The summed E-state index contributed by atoms with van der Waals surface area (Å²) in [6.45, 7) is 1.20. The Morgan fingerprint density at radius 2 is 2.22 bits per heavy atom. The quantitative estimate of drug-likeness (QED) is 0.610. The number of nitrogens with zero attached hydrogens (tertiary/aromatic N) is 1. The number of quaternary nitrogens is 1. The second kappa shape index (κ2) is 6.11. The number of aromatic nitrogens is 2. The maximum atomic E-state index is 5.20. The summed E-state index contributed by atoms with van der Waals surface area (Å²) < 4.78 is 5.20. The van der Waals surface area contributed by atoms with Crippen LogP contribution >= 0.6 is 11.8 Å². The van der Waals surface area contributed by atoms with Crippen molar-refractivity contribution < 1.29 is 9.64 Å². The molecule has 0 aliphatic carbocycles. The minimum absolute atomic E-state index is 0.860. The molecule has 0 spiro atoms. The van der Waals surface area contributed by atoms with Crippen molar-refractivity contribution in [3.8, 4) is 5.75 Å². The molecule has 0 unspecified atom stereocenters. The van der Waals surface area contributed by atoms with Gasteiger partial charge in [-0.15, -0.1) is 0 Å². The van der Waals surface area contributed by atoms with E-state index in [4.69, 9.17) is 4.74 Å². The standard InChI is InChI=1S/C13H19N3OS/c1-16(2)7-4-8-18-13-14-11-6-5-10(17-3)9-12(11)15-13/h5-6,9H,4,7-8H2,1-3H3,(H,14,15)/p+1. The number of hydrogen-bond acceptors (Lipinski definition) is 3. The molecule has 1 aromatic carbocycles. The number of ether oxygens (including phenoxy) is 1. The normalized spacial score (nSPS) is 11.3. The number of nitrogens with one attached hydrogen (secondary N) is 2. The third kappa shape index (κ3) is 3.40. The van der Waals surface area contributed by atoms with E-state index >= 15 is 0 Å². The number of fused-ring (bicyclic) bond motifs is 1. The predicted octanol–water partition coefficient (Wildman–Crippen LogP) is 1.20. The summed E-state index contributed by atoms with van der Waals surface area (Å²) in [6.07, 6.45) is 1.20. The van der Waals surface area contributed by atoms with Gasteiger partial charge in [-0.05, 0) is 12.1 Å². The molecule has 2 N–H and O–H groups in total.